The van der Waals surface area contributed by atoms with E-state index in [1.807, 2.05) is 6.92 Å². The number of hydrogen-bond donors (Lipinski definition) is 0. The van der Waals surface area contributed by atoms with E-state index in [2.05, 4.69) is 31.8 Å². The van der Waals surface area contributed by atoms with Gasteiger partial charge in [-0.2, -0.15) is 0 Å². The minimum atomic E-state index is -1.71. The van der Waals surface area contributed by atoms with E-state index in [4.69, 9.17) is 9.16 Å². The summed E-state index contributed by atoms with van der Waals surface area (Å²) in [5, 5.41) is 0. The summed E-state index contributed by atoms with van der Waals surface area (Å²) in [5.41, 5.74) is -0.440. The van der Waals surface area contributed by atoms with Gasteiger partial charge < -0.3 is 9.16 Å². The standard InChI is InChI=1S/C14H26O3Si/c1-6-12(13(15)16-2)14(17-18(3,4)5)10-8-7-9-11-14/h8,10,12H,6-7,9,11H2,1-5H3. The Labute approximate surface area is 112 Å². The molecule has 0 radical (unpaired) electrons. The van der Waals surface area contributed by atoms with Gasteiger partial charge in [-0.25, -0.2) is 0 Å². The van der Waals surface area contributed by atoms with Crippen LogP contribution in [0.25, 0.3) is 0 Å². The molecule has 0 aromatic carbocycles. The van der Waals surface area contributed by atoms with E-state index in [1.54, 1.807) is 0 Å². The predicted octanol–water partition coefficient (Wildman–Crippen LogP) is 3.52. The van der Waals surface area contributed by atoms with Crippen LogP contribution < -0.4 is 0 Å². The summed E-state index contributed by atoms with van der Waals surface area (Å²) in [6, 6.07) is 0. The van der Waals surface area contributed by atoms with Crippen LogP contribution in [0.15, 0.2) is 12.2 Å². The quantitative estimate of drug-likeness (QED) is 0.435. The van der Waals surface area contributed by atoms with Gasteiger partial charge in [-0.1, -0.05) is 19.1 Å². The second-order valence-corrected chi connectivity index (χ2v) is 10.4. The number of ether oxygens (including phenoxy) is 1. The Morgan fingerprint density at radius 3 is 2.50 bits per heavy atom. The van der Waals surface area contributed by atoms with Crippen molar-refractivity contribution in [2.45, 2.75) is 57.8 Å². The Morgan fingerprint density at radius 2 is 2.11 bits per heavy atom. The molecule has 0 spiro atoms. The van der Waals surface area contributed by atoms with Crippen molar-refractivity contribution in [1.82, 2.24) is 0 Å². The van der Waals surface area contributed by atoms with Crippen LogP contribution in [0.4, 0.5) is 0 Å². The van der Waals surface area contributed by atoms with Crippen LogP contribution >= 0.6 is 0 Å². The highest BCUT2D eigenvalue weighted by Crippen LogP contribution is 2.38. The Kier molecular flexibility index (Phi) is 5.17. The van der Waals surface area contributed by atoms with Gasteiger partial charge in [0, 0.05) is 0 Å². The van der Waals surface area contributed by atoms with Gasteiger partial charge in [-0.3, -0.25) is 4.79 Å². The van der Waals surface area contributed by atoms with E-state index < -0.39 is 13.9 Å². The van der Waals surface area contributed by atoms with Gasteiger partial charge in [-0.15, -0.1) is 0 Å². The third-order valence-electron chi connectivity index (χ3n) is 3.32. The van der Waals surface area contributed by atoms with Crippen LogP contribution in [0.2, 0.25) is 19.6 Å². The molecule has 1 rings (SSSR count). The zero-order chi connectivity index (χ0) is 13.8. The molecule has 0 heterocycles. The molecule has 0 fully saturated rings. The van der Waals surface area contributed by atoms with Crippen molar-refractivity contribution in [1.29, 1.82) is 0 Å². The van der Waals surface area contributed by atoms with Crippen LogP contribution in [0.5, 0.6) is 0 Å². The highest BCUT2D eigenvalue weighted by atomic mass is 28.4. The van der Waals surface area contributed by atoms with Gasteiger partial charge in [0.05, 0.1) is 18.6 Å². The summed E-state index contributed by atoms with van der Waals surface area (Å²) in [6.45, 7) is 8.53. The molecule has 3 nitrogen and oxygen atoms in total. The predicted molar refractivity (Wildman–Crippen MR) is 76.0 cm³/mol. The lowest BCUT2D eigenvalue weighted by molar-refractivity contribution is -0.152. The van der Waals surface area contributed by atoms with E-state index >= 15 is 0 Å². The van der Waals surface area contributed by atoms with Gasteiger partial charge >= 0.3 is 5.97 Å². The van der Waals surface area contributed by atoms with E-state index in [0.29, 0.717) is 0 Å². The van der Waals surface area contributed by atoms with Gasteiger partial charge in [-0.05, 0) is 45.3 Å². The van der Waals surface area contributed by atoms with Crippen molar-refractivity contribution in [2.24, 2.45) is 5.92 Å². The Balaban J connectivity index is 3.06. The average Bonchev–Trinajstić information content (AvgIpc) is 2.28. The Hall–Kier alpha value is -0.613. The van der Waals surface area contributed by atoms with Gasteiger partial charge in [0.15, 0.2) is 8.32 Å². The first kappa shape index (κ1) is 15.4. The molecule has 0 saturated carbocycles. The van der Waals surface area contributed by atoms with E-state index in [-0.39, 0.29) is 11.9 Å². The van der Waals surface area contributed by atoms with Crippen molar-refractivity contribution >= 4 is 14.3 Å². The van der Waals surface area contributed by atoms with Crippen LogP contribution in [-0.2, 0) is 14.0 Å². The number of carbonyl (C=O) groups excluding carboxylic acids is 1. The largest absolute Gasteiger partial charge is 0.469 e. The fourth-order valence-electron chi connectivity index (χ4n) is 2.73. The molecule has 0 aliphatic heterocycles. The van der Waals surface area contributed by atoms with E-state index in [9.17, 15) is 4.79 Å². The maximum absolute atomic E-state index is 12.0. The van der Waals surface area contributed by atoms with Crippen molar-refractivity contribution in [2.75, 3.05) is 7.11 Å². The van der Waals surface area contributed by atoms with Crippen LogP contribution in [0, 0.1) is 5.92 Å². The van der Waals surface area contributed by atoms with Crippen molar-refractivity contribution < 1.29 is 14.0 Å². The Morgan fingerprint density at radius 1 is 1.44 bits per heavy atom. The number of carbonyl (C=O) groups is 1. The summed E-state index contributed by atoms with van der Waals surface area (Å²) < 4.78 is 11.4. The molecule has 1 aliphatic carbocycles. The molecular formula is C14H26O3Si. The molecule has 0 amide bonds. The Bertz CT molecular complexity index is 319. The fourth-order valence-corrected chi connectivity index (χ4v) is 4.19. The summed E-state index contributed by atoms with van der Waals surface area (Å²) in [7, 11) is -0.256. The average molecular weight is 270 g/mol. The van der Waals surface area contributed by atoms with Crippen molar-refractivity contribution in [3.05, 3.63) is 12.2 Å². The fraction of sp³-hybridized carbons (Fsp3) is 0.786. The van der Waals surface area contributed by atoms with Crippen molar-refractivity contribution in [3.8, 4) is 0 Å². The number of methoxy groups -OCH3 is 1. The molecular weight excluding hydrogens is 244 g/mol. The molecule has 0 aromatic rings. The lowest BCUT2D eigenvalue weighted by Gasteiger charge is -2.43. The summed E-state index contributed by atoms with van der Waals surface area (Å²) in [4.78, 5) is 12.0. The maximum Gasteiger partial charge on any atom is 0.311 e. The minimum Gasteiger partial charge on any atom is -0.469 e. The molecule has 1 aliphatic rings. The highest BCUT2D eigenvalue weighted by Gasteiger charge is 2.44. The third kappa shape index (κ3) is 3.69. The van der Waals surface area contributed by atoms with Crippen LogP contribution in [0.3, 0.4) is 0 Å². The summed E-state index contributed by atoms with van der Waals surface area (Å²) >= 11 is 0. The molecule has 0 bridgehead atoms. The van der Waals surface area contributed by atoms with Crippen molar-refractivity contribution in [3.63, 3.8) is 0 Å². The van der Waals surface area contributed by atoms with Crippen LogP contribution in [-0.4, -0.2) is 27.0 Å². The zero-order valence-electron chi connectivity index (χ0n) is 12.3. The van der Waals surface area contributed by atoms with E-state index in [1.165, 1.54) is 7.11 Å². The number of esters is 1. The molecule has 104 valence electrons. The van der Waals surface area contributed by atoms with Gasteiger partial charge in [0.1, 0.15) is 0 Å². The SMILES string of the molecule is CCC(C(=O)OC)C1(O[Si](C)(C)C)C=CCCC1. The summed E-state index contributed by atoms with van der Waals surface area (Å²) in [5.74, 6) is -0.340. The summed E-state index contributed by atoms with van der Waals surface area (Å²) in [6.07, 6.45) is 8.08. The molecule has 0 saturated heterocycles. The third-order valence-corrected chi connectivity index (χ3v) is 4.31. The van der Waals surface area contributed by atoms with Crippen LogP contribution in [0.1, 0.15) is 32.6 Å². The van der Waals surface area contributed by atoms with E-state index in [0.717, 1.165) is 25.7 Å². The second kappa shape index (κ2) is 6.02. The molecule has 2 atom stereocenters. The first-order chi connectivity index (χ1) is 8.34. The lowest BCUT2D eigenvalue weighted by atomic mass is 9.78. The van der Waals surface area contributed by atoms with Gasteiger partial charge in [0.25, 0.3) is 0 Å². The molecule has 18 heavy (non-hydrogen) atoms. The second-order valence-electron chi connectivity index (χ2n) is 5.95. The first-order valence-electron chi connectivity index (χ1n) is 6.80. The molecule has 0 aromatic heterocycles. The van der Waals surface area contributed by atoms with Gasteiger partial charge in [0.2, 0.25) is 0 Å². The molecule has 2 unspecified atom stereocenters. The number of allylic oxidation sites excluding steroid dienone is 1. The normalized spacial score (nSPS) is 25.8. The number of rotatable bonds is 5. The minimum absolute atomic E-state index is 0.151. The first-order valence-corrected chi connectivity index (χ1v) is 10.2. The lowest BCUT2D eigenvalue weighted by Crippen LogP contribution is -2.50. The smallest absolute Gasteiger partial charge is 0.311 e. The zero-order valence-corrected chi connectivity index (χ0v) is 13.3. The molecule has 4 heteroatoms. The monoisotopic (exact) mass is 270 g/mol. The number of hydrogen-bond acceptors (Lipinski definition) is 3. The topological polar surface area (TPSA) is 35.5 Å². The molecule has 0 N–H and O–H groups in total. The maximum atomic E-state index is 12.0. The highest BCUT2D eigenvalue weighted by molar-refractivity contribution is 6.69.